The number of aliphatic hydroxyl groups excluding tert-OH is 1. The van der Waals surface area contributed by atoms with Gasteiger partial charge in [0, 0.05) is 25.2 Å². The molecule has 1 heterocycles. The van der Waals surface area contributed by atoms with E-state index in [1.54, 1.807) is 0 Å². The van der Waals surface area contributed by atoms with Crippen molar-refractivity contribution in [2.75, 3.05) is 19.6 Å². The Hall–Kier alpha value is -0.120. The molecule has 112 valence electrons. The van der Waals surface area contributed by atoms with E-state index in [-0.39, 0.29) is 6.10 Å². The maximum absolute atomic E-state index is 10.2. The van der Waals surface area contributed by atoms with Crippen molar-refractivity contribution in [1.82, 2.24) is 10.2 Å². The van der Waals surface area contributed by atoms with Gasteiger partial charge in [0.25, 0.3) is 0 Å². The Balaban J connectivity index is 1.94. The summed E-state index contributed by atoms with van der Waals surface area (Å²) in [5, 5.41) is 13.9. The monoisotopic (exact) mass is 268 g/mol. The molecule has 0 aromatic carbocycles. The number of hydrogen-bond acceptors (Lipinski definition) is 3. The predicted molar refractivity (Wildman–Crippen MR) is 80.2 cm³/mol. The molecule has 2 N–H and O–H groups in total. The molecule has 0 amide bonds. The molecular weight excluding hydrogens is 236 g/mol. The maximum atomic E-state index is 10.2. The Kier molecular flexibility index (Phi) is 5.67. The summed E-state index contributed by atoms with van der Waals surface area (Å²) in [6.45, 7) is 10.1. The second-order valence-electron chi connectivity index (χ2n) is 6.70. The number of nitrogens with one attached hydrogen (secondary N) is 1. The summed E-state index contributed by atoms with van der Waals surface area (Å²) in [6, 6.07) is 1.35. The van der Waals surface area contributed by atoms with Gasteiger partial charge in [-0.2, -0.15) is 0 Å². The van der Waals surface area contributed by atoms with E-state index >= 15 is 0 Å². The highest BCUT2D eigenvalue weighted by atomic mass is 16.3. The minimum atomic E-state index is -0.121. The Morgan fingerprint density at radius 2 is 2.05 bits per heavy atom. The molecule has 5 unspecified atom stereocenters. The first-order valence-corrected chi connectivity index (χ1v) is 8.31. The van der Waals surface area contributed by atoms with Gasteiger partial charge in [-0.05, 0) is 50.5 Å². The molecule has 1 saturated carbocycles. The molecule has 2 aliphatic rings. The zero-order chi connectivity index (χ0) is 13.8. The molecular formula is C16H32N2O. The lowest BCUT2D eigenvalue weighted by Gasteiger charge is -2.49. The summed E-state index contributed by atoms with van der Waals surface area (Å²) in [5.41, 5.74) is 0. The van der Waals surface area contributed by atoms with Crippen LogP contribution < -0.4 is 5.32 Å². The number of piperidine rings is 1. The van der Waals surface area contributed by atoms with Crippen LogP contribution >= 0.6 is 0 Å². The second-order valence-corrected chi connectivity index (χ2v) is 6.70. The van der Waals surface area contributed by atoms with E-state index in [0.717, 1.165) is 37.9 Å². The zero-order valence-electron chi connectivity index (χ0n) is 12.9. The van der Waals surface area contributed by atoms with Crippen LogP contribution in [0.2, 0.25) is 0 Å². The summed E-state index contributed by atoms with van der Waals surface area (Å²) in [7, 11) is 0. The van der Waals surface area contributed by atoms with Gasteiger partial charge in [0.2, 0.25) is 0 Å². The van der Waals surface area contributed by atoms with Crippen LogP contribution in [0.5, 0.6) is 0 Å². The van der Waals surface area contributed by atoms with Crippen LogP contribution in [0, 0.1) is 11.8 Å². The second kappa shape index (κ2) is 7.05. The van der Waals surface area contributed by atoms with Crippen LogP contribution in [-0.2, 0) is 0 Å². The Labute approximate surface area is 118 Å². The first-order valence-electron chi connectivity index (χ1n) is 8.31. The summed E-state index contributed by atoms with van der Waals surface area (Å²) in [4.78, 5) is 2.66. The van der Waals surface area contributed by atoms with Gasteiger partial charge >= 0.3 is 0 Å². The van der Waals surface area contributed by atoms with Gasteiger partial charge in [0.1, 0.15) is 0 Å². The molecule has 0 spiro atoms. The van der Waals surface area contributed by atoms with Gasteiger partial charge in [-0.1, -0.05) is 20.8 Å². The van der Waals surface area contributed by atoms with Gasteiger partial charge in [-0.25, -0.2) is 0 Å². The van der Waals surface area contributed by atoms with Gasteiger partial charge in [-0.15, -0.1) is 0 Å². The molecule has 3 heteroatoms. The summed E-state index contributed by atoms with van der Waals surface area (Å²) in [5.74, 6) is 1.31. The quantitative estimate of drug-likeness (QED) is 0.775. The molecule has 0 aromatic rings. The lowest BCUT2D eigenvalue weighted by molar-refractivity contribution is -0.0160. The summed E-state index contributed by atoms with van der Waals surface area (Å²) in [6.07, 6.45) is 5.85. The lowest BCUT2D eigenvalue weighted by atomic mass is 9.77. The molecule has 2 rings (SSSR count). The van der Waals surface area contributed by atoms with Crippen LogP contribution in [0.25, 0.3) is 0 Å². The average molecular weight is 268 g/mol. The molecule has 5 atom stereocenters. The molecule has 0 bridgehead atoms. The molecule has 1 aliphatic heterocycles. The minimum Gasteiger partial charge on any atom is -0.393 e. The van der Waals surface area contributed by atoms with Gasteiger partial charge in [0.15, 0.2) is 0 Å². The number of likely N-dealkylation sites (tertiary alicyclic amines) is 1. The van der Waals surface area contributed by atoms with Crippen LogP contribution in [0.15, 0.2) is 0 Å². The van der Waals surface area contributed by atoms with E-state index in [1.807, 2.05) is 0 Å². The molecule has 1 aliphatic carbocycles. The highest BCUT2D eigenvalue weighted by molar-refractivity contribution is 4.94. The summed E-state index contributed by atoms with van der Waals surface area (Å²) >= 11 is 0. The fourth-order valence-corrected chi connectivity index (χ4v) is 3.74. The first-order chi connectivity index (χ1) is 9.15. The molecule has 1 saturated heterocycles. The summed E-state index contributed by atoms with van der Waals surface area (Å²) < 4.78 is 0. The highest BCUT2D eigenvalue weighted by Crippen LogP contribution is 2.35. The molecule has 2 fully saturated rings. The number of aliphatic hydroxyl groups is 1. The number of rotatable bonds is 6. The molecule has 19 heavy (non-hydrogen) atoms. The van der Waals surface area contributed by atoms with E-state index < -0.39 is 0 Å². The van der Waals surface area contributed by atoms with Gasteiger partial charge in [0.05, 0.1) is 6.10 Å². The van der Waals surface area contributed by atoms with Crippen molar-refractivity contribution >= 4 is 0 Å². The minimum absolute atomic E-state index is 0.121. The van der Waals surface area contributed by atoms with E-state index in [9.17, 15) is 5.11 Å². The lowest BCUT2D eigenvalue weighted by Crippen LogP contribution is -2.58. The standard InChI is InChI=1S/C16H32N2O/c1-4-8-17-14-9-13(16(19)5-2)10-18(11-14)15-7-6-12(15)3/h12-17,19H,4-11H2,1-3H3. The van der Waals surface area contributed by atoms with E-state index in [1.165, 1.54) is 25.8 Å². The predicted octanol–water partition coefficient (Wildman–Crippen LogP) is 2.25. The molecule has 0 radical (unpaired) electrons. The van der Waals surface area contributed by atoms with Crippen molar-refractivity contribution in [1.29, 1.82) is 0 Å². The van der Waals surface area contributed by atoms with Crippen molar-refractivity contribution in [2.24, 2.45) is 11.8 Å². The van der Waals surface area contributed by atoms with E-state index in [2.05, 4.69) is 31.0 Å². The third kappa shape index (κ3) is 3.71. The fraction of sp³-hybridized carbons (Fsp3) is 1.00. The highest BCUT2D eigenvalue weighted by Gasteiger charge is 2.38. The van der Waals surface area contributed by atoms with Crippen molar-refractivity contribution in [2.45, 2.75) is 71.1 Å². The number of hydrogen-bond donors (Lipinski definition) is 2. The zero-order valence-corrected chi connectivity index (χ0v) is 12.9. The Bertz CT molecular complexity index is 271. The van der Waals surface area contributed by atoms with Gasteiger partial charge < -0.3 is 10.4 Å². The van der Waals surface area contributed by atoms with Crippen molar-refractivity contribution in [3.63, 3.8) is 0 Å². The van der Waals surface area contributed by atoms with E-state index in [0.29, 0.717) is 12.0 Å². The van der Waals surface area contributed by atoms with Crippen LogP contribution in [0.3, 0.4) is 0 Å². The van der Waals surface area contributed by atoms with E-state index in [4.69, 9.17) is 0 Å². The number of nitrogens with zero attached hydrogens (tertiary/aromatic N) is 1. The Morgan fingerprint density at radius 1 is 1.26 bits per heavy atom. The van der Waals surface area contributed by atoms with Crippen molar-refractivity contribution < 1.29 is 5.11 Å². The van der Waals surface area contributed by atoms with Crippen molar-refractivity contribution in [3.8, 4) is 0 Å². The topological polar surface area (TPSA) is 35.5 Å². The molecule has 3 nitrogen and oxygen atoms in total. The first kappa shape index (κ1) is 15.3. The SMILES string of the molecule is CCCNC1CC(C(O)CC)CN(C2CCC2C)C1. The van der Waals surface area contributed by atoms with Crippen molar-refractivity contribution in [3.05, 3.63) is 0 Å². The molecule has 0 aromatic heterocycles. The smallest absolute Gasteiger partial charge is 0.0578 e. The van der Waals surface area contributed by atoms with Crippen LogP contribution in [-0.4, -0.2) is 47.8 Å². The third-order valence-corrected chi connectivity index (χ3v) is 5.20. The normalized spacial score (nSPS) is 37.9. The largest absolute Gasteiger partial charge is 0.393 e. The average Bonchev–Trinajstić information content (AvgIpc) is 2.42. The van der Waals surface area contributed by atoms with Crippen LogP contribution in [0.4, 0.5) is 0 Å². The fourth-order valence-electron chi connectivity index (χ4n) is 3.74. The third-order valence-electron chi connectivity index (χ3n) is 5.20. The maximum Gasteiger partial charge on any atom is 0.0578 e. The Morgan fingerprint density at radius 3 is 2.58 bits per heavy atom. The van der Waals surface area contributed by atoms with Gasteiger partial charge in [-0.3, -0.25) is 4.90 Å². The van der Waals surface area contributed by atoms with Crippen LogP contribution in [0.1, 0.15) is 52.9 Å².